The lowest BCUT2D eigenvalue weighted by Crippen LogP contribution is -1.92. The van der Waals surface area contributed by atoms with Gasteiger partial charge in [0.05, 0.1) is 17.5 Å². The fraction of sp³-hybridized carbons (Fsp3) is 0.167. The Morgan fingerprint density at radius 2 is 1.72 bits per heavy atom. The van der Waals surface area contributed by atoms with Crippen LogP contribution in [0.1, 0.15) is 11.1 Å². The summed E-state index contributed by atoms with van der Waals surface area (Å²) in [4.78, 5) is 26.3. The van der Waals surface area contributed by atoms with Crippen LogP contribution in [0.25, 0.3) is 11.4 Å². The molecule has 0 unspecified atom stereocenters. The summed E-state index contributed by atoms with van der Waals surface area (Å²) >= 11 is 0. The second kappa shape index (κ2) is 4.98. The molecule has 0 aliphatic carbocycles. The summed E-state index contributed by atoms with van der Waals surface area (Å²) in [6.07, 6.45) is 2.93. The van der Waals surface area contributed by atoms with Crippen LogP contribution >= 0.6 is 7.60 Å². The fourth-order valence-corrected chi connectivity index (χ4v) is 2.30. The molecular weight excluding hydrogens is 251 g/mol. The molecule has 0 fully saturated rings. The second-order valence-corrected chi connectivity index (χ2v) is 5.74. The van der Waals surface area contributed by atoms with Crippen molar-refractivity contribution in [3.05, 3.63) is 47.8 Å². The minimum Gasteiger partial charge on any atom is -0.324 e. The molecule has 2 heterocycles. The summed E-state index contributed by atoms with van der Waals surface area (Å²) in [6.45, 7) is 1.95. The molecule has 0 amide bonds. The van der Waals surface area contributed by atoms with E-state index in [0.29, 0.717) is 17.0 Å². The lowest BCUT2D eigenvalue weighted by molar-refractivity contribution is 0.371. The zero-order valence-corrected chi connectivity index (χ0v) is 10.7. The van der Waals surface area contributed by atoms with Gasteiger partial charge in [-0.05, 0) is 42.3 Å². The average Bonchev–Trinajstić information content (AvgIpc) is 2.27. The van der Waals surface area contributed by atoms with E-state index in [2.05, 4.69) is 9.97 Å². The van der Waals surface area contributed by atoms with Gasteiger partial charge in [0.25, 0.3) is 0 Å². The maximum absolute atomic E-state index is 11.0. The summed E-state index contributed by atoms with van der Waals surface area (Å²) in [5, 5.41) is 0. The topological polar surface area (TPSA) is 83.3 Å². The van der Waals surface area contributed by atoms with E-state index >= 15 is 0 Å². The Morgan fingerprint density at radius 3 is 2.33 bits per heavy atom. The van der Waals surface area contributed by atoms with Crippen molar-refractivity contribution < 1.29 is 14.4 Å². The van der Waals surface area contributed by atoms with Gasteiger partial charge < -0.3 is 9.79 Å². The van der Waals surface area contributed by atoms with Gasteiger partial charge in [-0.2, -0.15) is 0 Å². The number of aromatic nitrogens is 2. The molecule has 0 spiro atoms. The smallest absolute Gasteiger partial charge is 0.324 e. The number of hydrogen-bond acceptors (Lipinski definition) is 3. The van der Waals surface area contributed by atoms with Crippen LogP contribution in [0.2, 0.25) is 0 Å². The van der Waals surface area contributed by atoms with Crippen LogP contribution in [0.3, 0.4) is 0 Å². The predicted octanol–water partition coefficient (Wildman–Crippen LogP) is 2.13. The van der Waals surface area contributed by atoms with Gasteiger partial charge in [-0.15, -0.1) is 0 Å². The van der Waals surface area contributed by atoms with Gasteiger partial charge in [-0.25, -0.2) is 0 Å². The highest BCUT2D eigenvalue weighted by molar-refractivity contribution is 7.50. The number of rotatable bonds is 3. The van der Waals surface area contributed by atoms with Crippen molar-refractivity contribution in [1.29, 1.82) is 0 Å². The van der Waals surface area contributed by atoms with E-state index in [1.54, 1.807) is 18.3 Å². The third-order valence-corrected chi connectivity index (χ3v) is 3.17. The van der Waals surface area contributed by atoms with Gasteiger partial charge in [-0.1, -0.05) is 0 Å². The Labute approximate surface area is 105 Å². The van der Waals surface area contributed by atoms with E-state index in [-0.39, 0.29) is 6.16 Å². The van der Waals surface area contributed by atoms with Gasteiger partial charge >= 0.3 is 7.60 Å². The van der Waals surface area contributed by atoms with E-state index in [1.165, 1.54) is 6.20 Å². The Bertz CT molecular complexity index is 610. The van der Waals surface area contributed by atoms with Crippen molar-refractivity contribution in [2.45, 2.75) is 13.1 Å². The van der Waals surface area contributed by atoms with Crippen molar-refractivity contribution >= 4 is 7.60 Å². The number of aryl methyl sites for hydroxylation is 1. The molecule has 0 atom stereocenters. The third-order valence-electron chi connectivity index (χ3n) is 2.39. The monoisotopic (exact) mass is 264 g/mol. The van der Waals surface area contributed by atoms with Crippen molar-refractivity contribution in [3.63, 3.8) is 0 Å². The van der Waals surface area contributed by atoms with Gasteiger partial charge in [0, 0.05) is 12.4 Å². The van der Waals surface area contributed by atoms with Crippen molar-refractivity contribution in [2.75, 3.05) is 0 Å². The summed E-state index contributed by atoms with van der Waals surface area (Å²) in [6, 6.07) is 7.01. The van der Waals surface area contributed by atoms with Gasteiger partial charge in [-0.3, -0.25) is 14.5 Å². The molecule has 0 aromatic carbocycles. The molecule has 2 aromatic heterocycles. The van der Waals surface area contributed by atoms with Gasteiger partial charge in [0.15, 0.2) is 0 Å². The molecule has 2 aromatic rings. The minimum atomic E-state index is -4.06. The molecular formula is C12H13N2O3P. The molecule has 94 valence electrons. The zero-order valence-electron chi connectivity index (χ0n) is 9.82. The normalized spacial score (nSPS) is 11.5. The molecule has 6 heteroatoms. The van der Waals surface area contributed by atoms with E-state index in [4.69, 9.17) is 9.79 Å². The largest absolute Gasteiger partial charge is 0.329 e. The molecule has 5 nitrogen and oxygen atoms in total. The molecule has 2 rings (SSSR count). The Morgan fingerprint density at radius 1 is 1.11 bits per heavy atom. The van der Waals surface area contributed by atoms with Crippen molar-refractivity contribution in [1.82, 2.24) is 9.97 Å². The van der Waals surface area contributed by atoms with Crippen LogP contribution in [0.5, 0.6) is 0 Å². The van der Waals surface area contributed by atoms with Crippen LogP contribution in [-0.2, 0) is 10.7 Å². The Kier molecular flexibility index (Phi) is 3.57. The first kappa shape index (κ1) is 12.9. The standard InChI is InChI=1S/C12H13N2O3P/c1-9-2-4-13-11(6-9)12-7-10(3-5-14-12)8-18(15,16)17/h2-7H,8H2,1H3,(H2,15,16,17). The molecule has 0 aliphatic heterocycles. The number of nitrogens with zero attached hydrogens (tertiary/aromatic N) is 2. The van der Waals surface area contributed by atoms with Crippen molar-refractivity contribution in [2.24, 2.45) is 0 Å². The summed E-state index contributed by atoms with van der Waals surface area (Å²) in [5.41, 5.74) is 2.92. The summed E-state index contributed by atoms with van der Waals surface area (Å²) in [7, 11) is -4.06. The van der Waals surface area contributed by atoms with E-state index < -0.39 is 7.60 Å². The molecule has 18 heavy (non-hydrogen) atoms. The van der Waals surface area contributed by atoms with Crippen LogP contribution in [0, 0.1) is 6.92 Å². The van der Waals surface area contributed by atoms with Gasteiger partial charge in [0.1, 0.15) is 0 Å². The SMILES string of the molecule is Cc1ccnc(-c2cc(CP(=O)(O)O)ccn2)c1. The fourth-order valence-electron chi connectivity index (χ4n) is 1.63. The highest BCUT2D eigenvalue weighted by Crippen LogP contribution is 2.39. The first-order chi connectivity index (χ1) is 8.44. The Hall–Kier alpha value is -1.55. The first-order valence-electron chi connectivity index (χ1n) is 5.36. The minimum absolute atomic E-state index is 0.283. The van der Waals surface area contributed by atoms with Gasteiger partial charge in [0.2, 0.25) is 0 Å². The maximum Gasteiger partial charge on any atom is 0.329 e. The molecule has 0 saturated carbocycles. The maximum atomic E-state index is 11.0. The number of pyridine rings is 2. The first-order valence-corrected chi connectivity index (χ1v) is 7.16. The molecule has 0 bridgehead atoms. The third kappa shape index (κ3) is 3.47. The highest BCUT2D eigenvalue weighted by atomic mass is 31.2. The zero-order chi connectivity index (χ0) is 13.2. The Balaban J connectivity index is 2.36. The summed E-state index contributed by atoms with van der Waals surface area (Å²) < 4.78 is 11.0. The van der Waals surface area contributed by atoms with Crippen LogP contribution in [-0.4, -0.2) is 19.8 Å². The second-order valence-electron chi connectivity index (χ2n) is 4.09. The van der Waals surface area contributed by atoms with E-state index in [0.717, 1.165) is 5.56 Å². The van der Waals surface area contributed by atoms with E-state index in [9.17, 15) is 4.57 Å². The predicted molar refractivity (Wildman–Crippen MR) is 68.0 cm³/mol. The summed E-state index contributed by atoms with van der Waals surface area (Å²) in [5.74, 6) is 0. The molecule has 0 saturated heterocycles. The van der Waals surface area contributed by atoms with Crippen LogP contribution < -0.4 is 0 Å². The van der Waals surface area contributed by atoms with Crippen LogP contribution in [0.15, 0.2) is 36.7 Å². The van der Waals surface area contributed by atoms with E-state index in [1.807, 2.05) is 19.1 Å². The highest BCUT2D eigenvalue weighted by Gasteiger charge is 2.14. The quantitative estimate of drug-likeness (QED) is 0.830. The molecule has 0 radical (unpaired) electrons. The lowest BCUT2D eigenvalue weighted by atomic mass is 10.1. The lowest BCUT2D eigenvalue weighted by Gasteiger charge is -2.06. The number of hydrogen-bond donors (Lipinski definition) is 2. The van der Waals surface area contributed by atoms with Crippen molar-refractivity contribution in [3.8, 4) is 11.4 Å². The molecule has 0 aliphatic rings. The molecule has 2 N–H and O–H groups in total. The van der Waals surface area contributed by atoms with Crippen LogP contribution in [0.4, 0.5) is 0 Å². The average molecular weight is 264 g/mol.